The Kier molecular flexibility index (Phi) is 4.68. The molecule has 1 aliphatic heterocycles. The Balaban J connectivity index is 2.64. The van der Waals surface area contributed by atoms with Crippen molar-refractivity contribution in [2.75, 3.05) is 5.75 Å². The summed E-state index contributed by atoms with van der Waals surface area (Å²) < 4.78 is 93.1. The van der Waals surface area contributed by atoms with Gasteiger partial charge in [0.25, 0.3) is 0 Å². The molecule has 7 nitrogen and oxygen atoms in total. The van der Waals surface area contributed by atoms with Crippen LogP contribution in [0.4, 0.5) is 26.3 Å². The molecule has 0 amide bonds. The van der Waals surface area contributed by atoms with Gasteiger partial charge in [0, 0.05) is 5.75 Å². The van der Waals surface area contributed by atoms with E-state index in [-0.39, 0.29) is 4.80 Å². The predicted molar refractivity (Wildman–Crippen MR) is 73.6 cm³/mol. The molecule has 0 radical (unpaired) electrons. The maximum absolute atomic E-state index is 14.9. The molecule has 0 saturated carbocycles. The van der Waals surface area contributed by atoms with Gasteiger partial charge in [0.05, 0.1) is 0 Å². The van der Waals surface area contributed by atoms with Gasteiger partial charge in [0.15, 0.2) is 28.7 Å². The fourth-order valence-electron chi connectivity index (χ4n) is 2.05. The van der Waals surface area contributed by atoms with Gasteiger partial charge in [-0.05, 0) is 17.2 Å². The average Bonchev–Trinajstić information content (AvgIpc) is 3.11. The molecule has 14 heteroatoms. The minimum atomic E-state index is -5.38. The standard InChI is InChI=1S/C11H11F6N5O2S/c1-3-25(23,9-6(12)5(2)24-21-9)11(16,17)8-7(10(13,14)15)19-22(4-18)20-8/h5-6,23H,3H2,1-2H3. The molecule has 140 valence electrons. The van der Waals surface area contributed by atoms with Gasteiger partial charge in [-0.2, -0.15) is 27.2 Å². The number of halogens is 6. The summed E-state index contributed by atoms with van der Waals surface area (Å²) in [5, 5.41) is 11.4. The van der Waals surface area contributed by atoms with E-state index in [1.54, 1.807) is 0 Å². The molecule has 2 rings (SSSR count). The molecule has 2 heterocycles. The van der Waals surface area contributed by atoms with Crippen molar-refractivity contribution in [2.24, 2.45) is 5.16 Å². The Morgan fingerprint density at radius 1 is 1.28 bits per heavy atom. The van der Waals surface area contributed by atoms with Gasteiger partial charge in [-0.15, -0.1) is 10.2 Å². The van der Waals surface area contributed by atoms with E-state index in [9.17, 15) is 30.9 Å². The van der Waals surface area contributed by atoms with Gasteiger partial charge in [-0.25, -0.2) is 4.39 Å². The van der Waals surface area contributed by atoms with Crippen LogP contribution < -0.4 is 0 Å². The first kappa shape index (κ1) is 19.3. The number of alkyl halides is 6. The topological polar surface area (TPSA) is 96.3 Å². The van der Waals surface area contributed by atoms with Crippen LogP contribution in [0, 0.1) is 11.5 Å². The monoisotopic (exact) mass is 391 g/mol. The van der Waals surface area contributed by atoms with Gasteiger partial charge in [0.2, 0.25) is 6.19 Å². The van der Waals surface area contributed by atoms with E-state index in [4.69, 9.17) is 5.26 Å². The summed E-state index contributed by atoms with van der Waals surface area (Å²) in [6, 6.07) is 0. The van der Waals surface area contributed by atoms with E-state index >= 15 is 0 Å². The second-order valence-electron chi connectivity index (χ2n) is 4.93. The molecule has 0 aliphatic carbocycles. The lowest BCUT2D eigenvalue weighted by atomic mass is 10.3. The number of nitrogens with zero attached hydrogens (tertiary/aromatic N) is 5. The summed E-state index contributed by atoms with van der Waals surface area (Å²) in [5.41, 5.74) is -4.13. The van der Waals surface area contributed by atoms with Crippen molar-refractivity contribution in [1.82, 2.24) is 15.0 Å². The van der Waals surface area contributed by atoms with Crippen molar-refractivity contribution in [2.45, 2.75) is 37.6 Å². The van der Waals surface area contributed by atoms with Crippen LogP contribution in [0.5, 0.6) is 0 Å². The maximum atomic E-state index is 14.9. The Labute approximate surface area is 138 Å². The van der Waals surface area contributed by atoms with E-state index in [1.807, 2.05) is 0 Å². The third-order valence-corrected chi connectivity index (χ3v) is 6.26. The molecule has 1 aromatic heterocycles. The van der Waals surface area contributed by atoms with E-state index < -0.39 is 56.2 Å². The first-order valence-electron chi connectivity index (χ1n) is 6.64. The van der Waals surface area contributed by atoms with Crippen LogP contribution in [0.15, 0.2) is 5.16 Å². The highest BCUT2D eigenvalue weighted by atomic mass is 32.3. The number of hydrogen-bond donors (Lipinski definition) is 1. The van der Waals surface area contributed by atoms with Crippen LogP contribution in [0.2, 0.25) is 0 Å². The lowest BCUT2D eigenvalue weighted by Crippen LogP contribution is -2.37. The summed E-state index contributed by atoms with van der Waals surface area (Å²) in [7, 11) is -4.56. The minimum Gasteiger partial charge on any atom is -0.388 e. The zero-order chi connectivity index (χ0) is 19.2. The summed E-state index contributed by atoms with van der Waals surface area (Å²) in [4.78, 5) is 4.25. The van der Waals surface area contributed by atoms with Crippen LogP contribution in [-0.2, 0) is 16.3 Å². The third kappa shape index (κ3) is 2.91. The van der Waals surface area contributed by atoms with Gasteiger partial charge >= 0.3 is 11.4 Å². The Morgan fingerprint density at radius 3 is 2.24 bits per heavy atom. The normalized spacial score (nSPS) is 24.9. The summed E-state index contributed by atoms with van der Waals surface area (Å²) >= 11 is 0. The number of oxime groups is 1. The molecule has 3 unspecified atom stereocenters. The smallest absolute Gasteiger partial charge is 0.388 e. The molecule has 1 aromatic rings. The highest BCUT2D eigenvalue weighted by molar-refractivity contribution is 8.41. The lowest BCUT2D eigenvalue weighted by Gasteiger charge is -2.38. The lowest BCUT2D eigenvalue weighted by molar-refractivity contribution is -0.143. The van der Waals surface area contributed by atoms with Gasteiger partial charge in [0.1, 0.15) is 0 Å². The van der Waals surface area contributed by atoms with E-state index in [0.717, 1.165) is 20.0 Å². The molecule has 25 heavy (non-hydrogen) atoms. The fraction of sp³-hybridized carbons (Fsp3) is 0.636. The molecule has 0 aromatic carbocycles. The van der Waals surface area contributed by atoms with Crippen LogP contribution in [0.25, 0.3) is 0 Å². The molecular formula is C11H11F6N5O2S. The number of aromatic nitrogens is 3. The summed E-state index contributed by atoms with van der Waals surface area (Å²) in [6.07, 6.45) is -7.84. The molecule has 1 aliphatic rings. The molecule has 0 spiro atoms. The number of hydrogen-bond acceptors (Lipinski definition) is 6. The summed E-state index contributed by atoms with van der Waals surface area (Å²) in [5.74, 6) is -0.827. The first-order chi connectivity index (χ1) is 11.4. The molecule has 3 atom stereocenters. The van der Waals surface area contributed by atoms with Gasteiger partial charge < -0.3 is 9.39 Å². The Bertz CT molecular complexity index is 744. The third-order valence-electron chi connectivity index (χ3n) is 3.39. The molecule has 1 N–H and O–H groups in total. The average molecular weight is 391 g/mol. The molecule has 0 bridgehead atoms. The first-order valence-corrected chi connectivity index (χ1v) is 8.39. The summed E-state index contributed by atoms with van der Waals surface area (Å²) in [6.45, 7) is 2.19. The zero-order valence-electron chi connectivity index (χ0n) is 12.6. The maximum Gasteiger partial charge on any atom is 0.437 e. The van der Waals surface area contributed by atoms with Gasteiger partial charge in [-0.1, -0.05) is 16.9 Å². The van der Waals surface area contributed by atoms with Crippen LogP contribution >= 0.6 is 10.3 Å². The number of rotatable bonds is 3. The van der Waals surface area contributed by atoms with Crippen molar-refractivity contribution in [1.29, 1.82) is 5.26 Å². The van der Waals surface area contributed by atoms with E-state index in [0.29, 0.717) is 0 Å². The van der Waals surface area contributed by atoms with Crippen molar-refractivity contribution in [3.8, 4) is 6.19 Å². The Morgan fingerprint density at radius 2 is 1.84 bits per heavy atom. The van der Waals surface area contributed by atoms with Crippen molar-refractivity contribution in [3.63, 3.8) is 0 Å². The highest BCUT2D eigenvalue weighted by Crippen LogP contribution is 2.66. The van der Waals surface area contributed by atoms with Crippen LogP contribution in [-0.4, -0.2) is 42.6 Å². The Hall–Kier alpha value is -2.01. The quantitative estimate of drug-likeness (QED) is 0.799. The second-order valence-corrected chi connectivity index (χ2v) is 7.85. The van der Waals surface area contributed by atoms with Crippen LogP contribution in [0.3, 0.4) is 0 Å². The van der Waals surface area contributed by atoms with Crippen LogP contribution in [0.1, 0.15) is 25.2 Å². The molecule has 0 saturated heterocycles. The van der Waals surface area contributed by atoms with Crippen molar-refractivity contribution >= 4 is 15.4 Å². The largest absolute Gasteiger partial charge is 0.437 e. The van der Waals surface area contributed by atoms with Crippen molar-refractivity contribution < 1.29 is 35.7 Å². The molecular weight excluding hydrogens is 380 g/mol. The van der Waals surface area contributed by atoms with Crippen molar-refractivity contribution in [3.05, 3.63) is 11.4 Å². The highest BCUT2D eigenvalue weighted by Gasteiger charge is 2.61. The zero-order valence-corrected chi connectivity index (χ0v) is 13.4. The van der Waals surface area contributed by atoms with Gasteiger partial charge in [-0.3, -0.25) is 0 Å². The number of nitriles is 1. The SMILES string of the molecule is CCS(O)(C1=NOC(C)C1F)C(F)(F)c1nn(C#N)nc1C(F)(F)F. The van der Waals surface area contributed by atoms with E-state index in [2.05, 4.69) is 20.2 Å². The molecule has 0 fully saturated rings. The fourth-order valence-corrected chi connectivity index (χ4v) is 4.16. The minimum absolute atomic E-state index is 0.260. The predicted octanol–water partition coefficient (Wildman–Crippen LogP) is 3.04. The van der Waals surface area contributed by atoms with E-state index in [1.165, 1.54) is 0 Å². The second kappa shape index (κ2) is 6.06.